The molecule has 0 amide bonds. The second-order valence-electron chi connectivity index (χ2n) is 4.36. The third-order valence-electron chi connectivity index (χ3n) is 2.57. The zero-order valence-electron chi connectivity index (χ0n) is 10.7. The Labute approximate surface area is 110 Å². The van der Waals surface area contributed by atoms with Crippen molar-refractivity contribution in [1.82, 2.24) is 9.97 Å². The van der Waals surface area contributed by atoms with Crippen LogP contribution in [0.15, 0.2) is 9.27 Å². The maximum atomic E-state index is 11.8. The molecule has 0 aliphatic carbocycles. The fraction of sp³-hybridized carbons (Fsp3) is 0.667. The lowest BCUT2D eigenvalue weighted by Gasteiger charge is -2.19. The van der Waals surface area contributed by atoms with Crippen molar-refractivity contribution >= 4 is 15.9 Å². The molecule has 0 spiro atoms. The normalized spacial score (nSPS) is 13.1. The third-order valence-corrected chi connectivity index (χ3v) is 3.38. The number of halogens is 1. The van der Waals surface area contributed by atoms with E-state index in [1.165, 1.54) is 0 Å². The fourth-order valence-corrected chi connectivity index (χ4v) is 2.15. The van der Waals surface area contributed by atoms with Crippen molar-refractivity contribution in [3.8, 4) is 0 Å². The summed E-state index contributed by atoms with van der Waals surface area (Å²) in [5.74, 6) is 0.873. The number of methoxy groups -OCH3 is 1. The lowest BCUT2D eigenvalue weighted by molar-refractivity contribution is 0.0570. The van der Waals surface area contributed by atoms with E-state index in [4.69, 9.17) is 4.74 Å². The summed E-state index contributed by atoms with van der Waals surface area (Å²) in [5.41, 5.74) is 0.662. The van der Waals surface area contributed by atoms with E-state index in [-0.39, 0.29) is 17.6 Å². The van der Waals surface area contributed by atoms with Gasteiger partial charge in [0.1, 0.15) is 16.4 Å². The maximum absolute atomic E-state index is 11.8. The molecule has 96 valence electrons. The van der Waals surface area contributed by atoms with Gasteiger partial charge in [0.25, 0.3) is 5.56 Å². The molecule has 1 aromatic rings. The number of nitrogens with one attached hydrogen (secondary N) is 1. The lowest BCUT2D eigenvalue weighted by atomic mass is 10.1. The van der Waals surface area contributed by atoms with Crippen molar-refractivity contribution in [2.45, 2.75) is 39.7 Å². The molecule has 1 aromatic heterocycles. The van der Waals surface area contributed by atoms with Gasteiger partial charge in [-0.15, -0.1) is 0 Å². The molecule has 1 unspecified atom stereocenters. The molecule has 0 bridgehead atoms. The van der Waals surface area contributed by atoms with E-state index in [1.54, 1.807) is 7.11 Å². The minimum absolute atomic E-state index is 0.138. The average Bonchev–Trinajstić information content (AvgIpc) is 2.26. The van der Waals surface area contributed by atoms with Crippen LogP contribution in [0.5, 0.6) is 0 Å². The van der Waals surface area contributed by atoms with E-state index in [2.05, 4.69) is 32.8 Å². The predicted octanol–water partition coefficient (Wildman–Crippen LogP) is 2.83. The van der Waals surface area contributed by atoms with Crippen molar-refractivity contribution in [3.05, 3.63) is 26.3 Å². The highest BCUT2D eigenvalue weighted by molar-refractivity contribution is 9.10. The third kappa shape index (κ3) is 3.39. The van der Waals surface area contributed by atoms with E-state index in [1.807, 2.05) is 13.8 Å². The van der Waals surface area contributed by atoms with Gasteiger partial charge in [0.05, 0.1) is 5.69 Å². The molecule has 0 aliphatic rings. The number of H-pyrrole nitrogens is 1. The smallest absolute Gasteiger partial charge is 0.265 e. The van der Waals surface area contributed by atoms with Crippen LogP contribution in [0, 0.1) is 5.92 Å². The summed E-state index contributed by atoms with van der Waals surface area (Å²) < 4.78 is 5.91. The number of hydrogen-bond acceptors (Lipinski definition) is 3. The first-order chi connectivity index (χ1) is 8.01. The van der Waals surface area contributed by atoms with Gasteiger partial charge in [0.2, 0.25) is 0 Å². The van der Waals surface area contributed by atoms with Crippen LogP contribution in [0.4, 0.5) is 0 Å². The second-order valence-corrected chi connectivity index (χ2v) is 5.16. The summed E-state index contributed by atoms with van der Waals surface area (Å²) in [4.78, 5) is 19.0. The molecular weight excluding hydrogens is 284 g/mol. The molecule has 4 nitrogen and oxygen atoms in total. The minimum Gasteiger partial charge on any atom is -0.373 e. The molecule has 0 saturated heterocycles. The Hall–Kier alpha value is -0.680. The standard InChI is InChI=1S/C12H19BrN2O2/c1-5-6-8-9(13)12(16)15-11(14-8)10(17-4)7(2)3/h7,10H,5-6H2,1-4H3,(H,14,15,16). The van der Waals surface area contributed by atoms with E-state index in [9.17, 15) is 4.79 Å². The SMILES string of the molecule is CCCc1nc(C(OC)C(C)C)[nH]c(=O)c1Br. The Morgan fingerprint density at radius 3 is 2.59 bits per heavy atom. The number of aromatic nitrogens is 2. The highest BCUT2D eigenvalue weighted by Crippen LogP contribution is 2.22. The largest absolute Gasteiger partial charge is 0.373 e. The van der Waals surface area contributed by atoms with Gasteiger partial charge in [-0.1, -0.05) is 27.2 Å². The van der Waals surface area contributed by atoms with Gasteiger partial charge in [0, 0.05) is 7.11 Å². The first kappa shape index (κ1) is 14.4. The number of nitrogens with zero attached hydrogens (tertiary/aromatic N) is 1. The summed E-state index contributed by atoms with van der Waals surface area (Å²) in [6.07, 6.45) is 1.56. The number of aryl methyl sites for hydroxylation is 1. The van der Waals surface area contributed by atoms with Crippen LogP contribution in [0.2, 0.25) is 0 Å². The highest BCUT2D eigenvalue weighted by atomic mass is 79.9. The van der Waals surface area contributed by atoms with Crippen molar-refractivity contribution in [1.29, 1.82) is 0 Å². The summed E-state index contributed by atoms with van der Waals surface area (Å²) in [6.45, 7) is 6.14. The molecule has 5 heteroatoms. The molecule has 1 rings (SSSR count). The minimum atomic E-state index is -0.175. The zero-order chi connectivity index (χ0) is 13.0. The van der Waals surface area contributed by atoms with E-state index >= 15 is 0 Å². The average molecular weight is 303 g/mol. The molecule has 0 fully saturated rings. The van der Waals surface area contributed by atoms with Gasteiger partial charge < -0.3 is 9.72 Å². The number of ether oxygens (including phenoxy) is 1. The summed E-state index contributed by atoms with van der Waals surface area (Å²) in [5, 5.41) is 0. The Bertz CT molecular complexity index is 429. The lowest BCUT2D eigenvalue weighted by Crippen LogP contribution is -2.21. The Morgan fingerprint density at radius 2 is 2.12 bits per heavy atom. The Balaban J connectivity index is 3.21. The molecule has 1 atom stereocenters. The Kier molecular flexibility index (Phi) is 5.33. The summed E-state index contributed by atoms with van der Waals surface area (Å²) >= 11 is 3.28. The van der Waals surface area contributed by atoms with Gasteiger partial charge in [-0.2, -0.15) is 0 Å². The topological polar surface area (TPSA) is 55.0 Å². The first-order valence-corrected chi connectivity index (χ1v) is 6.61. The van der Waals surface area contributed by atoms with E-state index in [0.717, 1.165) is 18.5 Å². The van der Waals surface area contributed by atoms with Crippen LogP contribution in [0.3, 0.4) is 0 Å². The molecule has 0 aliphatic heterocycles. The van der Waals surface area contributed by atoms with Crippen molar-refractivity contribution in [2.24, 2.45) is 5.92 Å². The molecule has 0 aromatic carbocycles. The van der Waals surface area contributed by atoms with Crippen LogP contribution in [0.1, 0.15) is 44.8 Å². The summed E-state index contributed by atoms with van der Waals surface area (Å²) in [6, 6.07) is 0. The van der Waals surface area contributed by atoms with Crippen LogP contribution < -0.4 is 5.56 Å². The van der Waals surface area contributed by atoms with E-state index < -0.39 is 0 Å². The van der Waals surface area contributed by atoms with Crippen molar-refractivity contribution in [2.75, 3.05) is 7.11 Å². The van der Waals surface area contributed by atoms with Crippen LogP contribution in [0.25, 0.3) is 0 Å². The molecule has 1 heterocycles. The maximum Gasteiger partial charge on any atom is 0.265 e. The van der Waals surface area contributed by atoms with Gasteiger partial charge >= 0.3 is 0 Å². The van der Waals surface area contributed by atoms with Crippen LogP contribution in [-0.4, -0.2) is 17.1 Å². The first-order valence-electron chi connectivity index (χ1n) is 5.82. The number of rotatable bonds is 5. The zero-order valence-corrected chi connectivity index (χ0v) is 12.3. The van der Waals surface area contributed by atoms with Crippen molar-refractivity contribution < 1.29 is 4.74 Å². The summed E-state index contributed by atoms with van der Waals surface area (Å²) in [7, 11) is 1.63. The molecule has 0 saturated carbocycles. The molecule has 17 heavy (non-hydrogen) atoms. The number of hydrogen-bond donors (Lipinski definition) is 1. The predicted molar refractivity (Wildman–Crippen MR) is 71.1 cm³/mol. The van der Waals surface area contributed by atoms with Gasteiger partial charge in [0.15, 0.2) is 0 Å². The monoisotopic (exact) mass is 302 g/mol. The molecular formula is C12H19BrN2O2. The van der Waals surface area contributed by atoms with Crippen LogP contribution in [-0.2, 0) is 11.2 Å². The Morgan fingerprint density at radius 1 is 1.47 bits per heavy atom. The highest BCUT2D eigenvalue weighted by Gasteiger charge is 2.19. The molecule has 1 N–H and O–H groups in total. The fourth-order valence-electron chi connectivity index (χ4n) is 1.76. The quantitative estimate of drug-likeness (QED) is 0.910. The van der Waals surface area contributed by atoms with Gasteiger partial charge in [-0.05, 0) is 28.3 Å². The van der Waals surface area contributed by atoms with E-state index in [0.29, 0.717) is 10.3 Å². The number of aromatic amines is 1. The van der Waals surface area contributed by atoms with Gasteiger partial charge in [-0.3, -0.25) is 4.79 Å². The second kappa shape index (κ2) is 6.31. The molecule has 0 radical (unpaired) electrons. The van der Waals surface area contributed by atoms with Gasteiger partial charge in [-0.25, -0.2) is 4.98 Å². The van der Waals surface area contributed by atoms with Crippen molar-refractivity contribution in [3.63, 3.8) is 0 Å². The van der Waals surface area contributed by atoms with Crippen LogP contribution >= 0.6 is 15.9 Å².